The van der Waals surface area contributed by atoms with E-state index in [1.807, 2.05) is 5.32 Å². The van der Waals surface area contributed by atoms with Crippen LogP contribution in [0.4, 0.5) is 4.79 Å². The molecule has 20 heavy (non-hydrogen) atoms. The number of nitrogens with one attached hydrogen (secondary N) is 1. The predicted molar refractivity (Wildman–Crippen MR) is 76.5 cm³/mol. The monoisotopic (exact) mass is 340 g/mol. The molecule has 9 heteroatoms. The fourth-order valence-electron chi connectivity index (χ4n) is 1.56. The number of hydrogen-bond acceptors (Lipinski definition) is 3. The third-order valence-electron chi connectivity index (χ3n) is 2.58. The molecule has 0 aromatic heterocycles. The molecule has 1 rings (SSSR count). The van der Waals surface area contributed by atoms with Gasteiger partial charge in [-0.1, -0.05) is 29.8 Å². The highest BCUT2D eigenvalue weighted by atomic mass is 35.5. The zero-order valence-electron chi connectivity index (χ0n) is 10.0. The lowest BCUT2D eigenvalue weighted by molar-refractivity contribution is -0.519. The summed E-state index contributed by atoms with van der Waals surface area (Å²) in [6.45, 7) is -0.440. The van der Waals surface area contributed by atoms with Crippen molar-refractivity contribution < 1.29 is 14.8 Å². The minimum atomic E-state index is -1.37. The summed E-state index contributed by atoms with van der Waals surface area (Å²) in [5.74, 6) is 0. The third-order valence-corrected chi connectivity index (χ3v) is 4.11. The maximum atomic E-state index is 11.0. The number of halogens is 3. The van der Waals surface area contributed by atoms with E-state index in [0.717, 1.165) is 0 Å². The lowest BCUT2D eigenvalue weighted by Gasteiger charge is -2.20. The van der Waals surface area contributed by atoms with Crippen LogP contribution in [0.5, 0.6) is 0 Å². The largest absolute Gasteiger partial charge is 0.465 e. The molecule has 3 unspecified atom stereocenters. The van der Waals surface area contributed by atoms with E-state index in [-0.39, 0.29) is 0 Å². The topological polar surface area (TPSA) is 92.5 Å². The van der Waals surface area contributed by atoms with Crippen LogP contribution in [0.15, 0.2) is 24.3 Å². The van der Waals surface area contributed by atoms with Crippen molar-refractivity contribution in [2.24, 2.45) is 0 Å². The number of carbonyl (C=O) groups is 1. The van der Waals surface area contributed by atoms with Crippen molar-refractivity contribution in [2.75, 3.05) is 6.54 Å². The summed E-state index contributed by atoms with van der Waals surface area (Å²) in [6.07, 6.45) is -1.37. The molecule has 2 N–H and O–H groups in total. The summed E-state index contributed by atoms with van der Waals surface area (Å²) in [5, 5.41) is 19.7. The first kappa shape index (κ1) is 16.8. The normalized spacial score (nSPS) is 15.2. The summed E-state index contributed by atoms with van der Waals surface area (Å²) in [6, 6.07) is 5.20. The van der Waals surface area contributed by atoms with Crippen LogP contribution in [0.1, 0.15) is 10.9 Å². The van der Waals surface area contributed by atoms with Crippen molar-refractivity contribution in [1.82, 2.24) is 5.32 Å². The van der Waals surface area contributed by atoms with Gasteiger partial charge in [-0.25, -0.2) is 4.79 Å². The number of benzene rings is 1. The average molecular weight is 342 g/mol. The lowest BCUT2D eigenvalue weighted by atomic mass is 10.0. The number of amides is 1. The Morgan fingerprint density at radius 2 is 2.00 bits per heavy atom. The molecular formula is C11H11Cl3N2O4. The number of carboxylic acid groups (broad SMARTS) is 1. The number of nitrogens with zero attached hydrogens (tertiary/aromatic N) is 1. The second-order valence-corrected chi connectivity index (χ2v) is 5.29. The summed E-state index contributed by atoms with van der Waals surface area (Å²) >= 11 is 18.1. The van der Waals surface area contributed by atoms with E-state index in [0.29, 0.717) is 10.6 Å². The molecule has 1 aromatic rings. The summed E-state index contributed by atoms with van der Waals surface area (Å²) in [7, 11) is 0. The maximum absolute atomic E-state index is 11.0. The molecule has 0 saturated heterocycles. The molecule has 0 bridgehead atoms. The molecule has 0 saturated carbocycles. The van der Waals surface area contributed by atoms with Gasteiger partial charge in [0.25, 0.3) is 0 Å². The highest BCUT2D eigenvalue weighted by Crippen LogP contribution is 2.34. The fraction of sp³-hybridized carbons (Fsp3) is 0.364. The molecule has 0 aliphatic rings. The van der Waals surface area contributed by atoms with Crippen LogP contribution >= 0.6 is 34.8 Å². The molecule has 6 nitrogen and oxygen atoms in total. The van der Waals surface area contributed by atoms with Crippen molar-refractivity contribution in [3.8, 4) is 0 Å². The smallest absolute Gasteiger partial charge is 0.404 e. The fourth-order valence-corrected chi connectivity index (χ4v) is 2.54. The van der Waals surface area contributed by atoms with E-state index in [9.17, 15) is 14.9 Å². The van der Waals surface area contributed by atoms with E-state index in [1.165, 1.54) is 0 Å². The van der Waals surface area contributed by atoms with Gasteiger partial charge < -0.3 is 10.4 Å². The van der Waals surface area contributed by atoms with Crippen LogP contribution in [0.25, 0.3) is 0 Å². The average Bonchev–Trinajstić information content (AvgIpc) is 2.37. The first-order valence-electron chi connectivity index (χ1n) is 5.47. The first-order valence-corrected chi connectivity index (χ1v) is 6.72. The van der Waals surface area contributed by atoms with Crippen LogP contribution in [-0.2, 0) is 0 Å². The molecule has 0 fully saturated rings. The van der Waals surface area contributed by atoms with Gasteiger partial charge in [-0.2, -0.15) is 0 Å². The van der Waals surface area contributed by atoms with Crippen molar-refractivity contribution in [3.63, 3.8) is 0 Å². The van der Waals surface area contributed by atoms with E-state index >= 15 is 0 Å². The van der Waals surface area contributed by atoms with Gasteiger partial charge in [0.05, 0.1) is 11.9 Å². The van der Waals surface area contributed by atoms with Crippen LogP contribution in [0.3, 0.4) is 0 Å². The molecule has 0 spiro atoms. The Morgan fingerprint density at radius 3 is 2.50 bits per heavy atom. The van der Waals surface area contributed by atoms with E-state index < -0.39 is 34.4 Å². The van der Waals surface area contributed by atoms with Crippen molar-refractivity contribution in [3.05, 3.63) is 45.0 Å². The Kier molecular flexibility index (Phi) is 6.32. The first-order chi connectivity index (χ1) is 9.34. The zero-order valence-corrected chi connectivity index (χ0v) is 12.3. The standard InChI is InChI=1S/C11H11Cl3N2O4/c12-7-4-2-1-3-6(7)9(13)10(14)8(16(19)20)5-15-11(17)18/h1-4,8-10,15H,5H2,(H,17,18). The minimum Gasteiger partial charge on any atom is -0.465 e. The van der Waals surface area contributed by atoms with Gasteiger partial charge in [0.1, 0.15) is 5.38 Å². The Labute approximate surface area is 129 Å². The molecule has 1 aromatic carbocycles. The summed E-state index contributed by atoms with van der Waals surface area (Å²) in [5.41, 5.74) is 0.456. The van der Waals surface area contributed by atoms with Gasteiger partial charge in [0, 0.05) is 9.95 Å². The highest BCUT2D eigenvalue weighted by Gasteiger charge is 2.37. The number of hydrogen-bond donors (Lipinski definition) is 2. The molecule has 0 aliphatic heterocycles. The molecule has 110 valence electrons. The van der Waals surface area contributed by atoms with Gasteiger partial charge in [0.15, 0.2) is 0 Å². The Hall–Kier alpha value is -1.24. The van der Waals surface area contributed by atoms with E-state index in [4.69, 9.17) is 39.9 Å². The Bertz CT molecular complexity index is 500. The van der Waals surface area contributed by atoms with Gasteiger partial charge >= 0.3 is 6.09 Å². The zero-order chi connectivity index (χ0) is 15.3. The lowest BCUT2D eigenvalue weighted by Crippen LogP contribution is -2.43. The van der Waals surface area contributed by atoms with Crippen LogP contribution in [-0.4, -0.2) is 34.1 Å². The third kappa shape index (κ3) is 4.40. The van der Waals surface area contributed by atoms with Gasteiger partial charge in [-0.05, 0) is 11.6 Å². The van der Waals surface area contributed by atoms with Crippen LogP contribution in [0.2, 0.25) is 5.02 Å². The Balaban J connectivity index is 2.88. The molecule has 0 aliphatic carbocycles. The van der Waals surface area contributed by atoms with Crippen LogP contribution in [0, 0.1) is 10.1 Å². The van der Waals surface area contributed by atoms with E-state index in [2.05, 4.69) is 0 Å². The second kappa shape index (κ2) is 7.52. The quantitative estimate of drug-likeness (QED) is 0.472. The number of rotatable bonds is 6. The molecular weight excluding hydrogens is 330 g/mol. The SMILES string of the molecule is O=C(O)NCC(C(Cl)C(Cl)c1ccccc1Cl)[N+](=O)[O-]. The van der Waals surface area contributed by atoms with Crippen molar-refractivity contribution >= 4 is 40.9 Å². The van der Waals surface area contributed by atoms with Crippen molar-refractivity contribution in [2.45, 2.75) is 16.8 Å². The van der Waals surface area contributed by atoms with Crippen LogP contribution < -0.4 is 5.32 Å². The number of nitro groups is 1. The van der Waals surface area contributed by atoms with Gasteiger partial charge in [0.2, 0.25) is 6.04 Å². The molecule has 0 heterocycles. The second-order valence-electron chi connectivity index (χ2n) is 3.91. The maximum Gasteiger partial charge on any atom is 0.404 e. The molecule has 0 radical (unpaired) electrons. The number of alkyl halides is 2. The minimum absolute atomic E-state index is 0.339. The predicted octanol–water partition coefficient (Wildman–Crippen LogP) is 3.14. The summed E-state index contributed by atoms with van der Waals surface area (Å²) < 4.78 is 0. The molecule has 1 amide bonds. The summed E-state index contributed by atoms with van der Waals surface area (Å²) in [4.78, 5) is 20.7. The Morgan fingerprint density at radius 1 is 1.40 bits per heavy atom. The van der Waals surface area contributed by atoms with Crippen molar-refractivity contribution in [1.29, 1.82) is 0 Å². The van der Waals surface area contributed by atoms with Gasteiger partial charge in [-0.3, -0.25) is 10.1 Å². The van der Waals surface area contributed by atoms with E-state index in [1.54, 1.807) is 24.3 Å². The van der Waals surface area contributed by atoms with Gasteiger partial charge in [-0.15, -0.1) is 23.2 Å². The highest BCUT2D eigenvalue weighted by molar-refractivity contribution is 6.34. The molecule has 3 atom stereocenters.